The highest BCUT2D eigenvalue weighted by atomic mass is 35.5. The summed E-state index contributed by atoms with van der Waals surface area (Å²) in [5.74, 6) is 0. The van der Waals surface area contributed by atoms with Crippen LogP contribution < -0.4 is 4.90 Å². The summed E-state index contributed by atoms with van der Waals surface area (Å²) in [4.78, 5) is 3.63. The molecule has 0 spiro atoms. The third kappa shape index (κ3) is 2.05. The molecule has 0 unspecified atom stereocenters. The molecule has 0 amide bonds. The molecule has 0 atom stereocenters. The van der Waals surface area contributed by atoms with Gasteiger partial charge in [0.05, 0.1) is 23.2 Å². The number of rotatable bonds is 2. The Labute approximate surface area is 93.4 Å². The second-order valence-corrected chi connectivity index (χ2v) is 4.83. The van der Waals surface area contributed by atoms with Crippen LogP contribution in [-0.2, 0) is 11.2 Å². The van der Waals surface area contributed by atoms with Gasteiger partial charge >= 0.3 is 0 Å². The molecule has 1 aliphatic rings. The molecule has 0 radical (unpaired) electrons. The molecular weight excluding hydrogens is 218 g/mol. The van der Waals surface area contributed by atoms with Gasteiger partial charge in [-0.05, 0) is 12.5 Å². The van der Waals surface area contributed by atoms with E-state index >= 15 is 0 Å². The zero-order valence-corrected chi connectivity index (χ0v) is 9.83. The number of morpholine rings is 1. The molecule has 2 heterocycles. The smallest absolute Gasteiger partial charge is 0.0928 e. The van der Waals surface area contributed by atoms with Crippen LogP contribution in [0.5, 0.6) is 0 Å². The van der Waals surface area contributed by atoms with E-state index in [1.165, 1.54) is 9.88 Å². The minimum absolute atomic E-state index is 0.830. The van der Waals surface area contributed by atoms with Crippen LogP contribution in [0.4, 0.5) is 5.00 Å². The number of hydrogen-bond donors (Lipinski definition) is 0. The second-order valence-electron chi connectivity index (χ2n) is 3.31. The Bertz CT molecular complexity index is 307. The quantitative estimate of drug-likeness (QED) is 0.776. The van der Waals surface area contributed by atoms with Crippen molar-refractivity contribution in [2.75, 3.05) is 31.2 Å². The molecule has 4 heteroatoms. The monoisotopic (exact) mass is 231 g/mol. The van der Waals surface area contributed by atoms with Crippen LogP contribution in [0, 0.1) is 0 Å². The Morgan fingerprint density at radius 1 is 1.50 bits per heavy atom. The first-order valence-corrected chi connectivity index (χ1v) is 6.11. The van der Waals surface area contributed by atoms with Gasteiger partial charge < -0.3 is 9.64 Å². The van der Waals surface area contributed by atoms with Crippen molar-refractivity contribution in [2.45, 2.75) is 13.3 Å². The van der Waals surface area contributed by atoms with E-state index in [0.717, 1.165) is 37.7 Å². The Morgan fingerprint density at radius 2 is 2.21 bits per heavy atom. The van der Waals surface area contributed by atoms with E-state index in [2.05, 4.69) is 17.9 Å². The highest BCUT2D eigenvalue weighted by Gasteiger charge is 2.14. The summed E-state index contributed by atoms with van der Waals surface area (Å²) in [6.07, 6.45) is 1.02. The number of halogens is 1. The first kappa shape index (κ1) is 10.3. The van der Waals surface area contributed by atoms with Gasteiger partial charge in [-0.2, -0.15) is 0 Å². The molecule has 78 valence electrons. The molecule has 2 rings (SSSR count). The van der Waals surface area contributed by atoms with Gasteiger partial charge in [0, 0.05) is 18.0 Å². The highest BCUT2D eigenvalue weighted by molar-refractivity contribution is 7.16. The van der Waals surface area contributed by atoms with E-state index in [-0.39, 0.29) is 0 Å². The molecule has 0 aromatic carbocycles. The van der Waals surface area contributed by atoms with Crippen LogP contribution in [0.3, 0.4) is 0 Å². The minimum atomic E-state index is 0.830. The number of nitrogens with zero attached hydrogens (tertiary/aromatic N) is 1. The molecule has 14 heavy (non-hydrogen) atoms. The van der Waals surface area contributed by atoms with E-state index in [4.69, 9.17) is 16.3 Å². The topological polar surface area (TPSA) is 12.5 Å². The molecule has 0 saturated carbocycles. The van der Waals surface area contributed by atoms with Crippen LogP contribution in [0.25, 0.3) is 0 Å². The number of anilines is 1. The third-order valence-corrected chi connectivity index (χ3v) is 4.18. The number of hydrogen-bond acceptors (Lipinski definition) is 3. The predicted octanol–water partition coefficient (Wildman–Crippen LogP) is 2.80. The van der Waals surface area contributed by atoms with Crippen molar-refractivity contribution in [3.8, 4) is 0 Å². The standard InChI is InChI=1S/C10H14ClNOS/c1-2-9-8(11)7-10(14-9)12-3-5-13-6-4-12/h7H,2-6H2,1H3. The maximum atomic E-state index is 6.12. The number of thiophene rings is 1. The van der Waals surface area contributed by atoms with Crippen LogP contribution in [0.2, 0.25) is 5.02 Å². The normalized spacial score (nSPS) is 17.4. The third-order valence-electron chi connectivity index (χ3n) is 2.39. The van der Waals surface area contributed by atoms with Gasteiger partial charge in [0.15, 0.2) is 0 Å². The predicted molar refractivity (Wildman–Crippen MR) is 61.7 cm³/mol. The van der Waals surface area contributed by atoms with E-state index in [1.54, 1.807) is 11.3 Å². The molecular formula is C10H14ClNOS. The maximum absolute atomic E-state index is 6.12. The summed E-state index contributed by atoms with van der Waals surface area (Å²) in [5.41, 5.74) is 0. The molecule has 1 aromatic rings. The highest BCUT2D eigenvalue weighted by Crippen LogP contribution is 2.34. The molecule has 1 fully saturated rings. The fraction of sp³-hybridized carbons (Fsp3) is 0.600. The SMILES string of the molecule is CCc1sc(N2CCOCC2)cc1Cl. The van der Waals surface area contributed by atoms with Crippen LogP contribution in [0.1, 0.15) is 11.8 Å². The van der Waals surface area contributed by atoms with E-state index in [1.807, 2.05) is 0 Å². The van der Waals surface area contributed by atoms with Gasteiger partial charge in [-0.1, -0.05) is 18.5 Å². The van der Waals surface area contributed by atoms with E-state index in [0.29, 0.717) is 0 Å². The lowest BCUT2D eigenvalue weighted by molar-refractivity contribution is 0.123. The van der Waals surface area contributed by atoms with Crippen molar-refractivity contribution in [1.29, 1.82) is 0 Å². The second kappa shape index (κ2) is 4.51. The lowest BCUT2D eigenvalue weighted by Crippen LogP contribution is -2.35. The number of ether oxygens (including phenoxy) is 1. The van der Waals surface area contributed by atoms with Crippen molar-refractivity contribution in [2.24, 2.45) is 0 Å². The van der Waals surface area contributed by atoms with Crippen molar-refractivity contribution in [3.63, 3.8) is 0 Å². The fourth-order valence-corrected chi connectivity index (χ4v) is 3.03. The molecule has 0 aliphatic carbocycles. The van der Waals surface area contributed by atoms with Crippen LogP contribution >= 0.6 is 22.9 Å². The van der Waals surface area contributed by atoms with Crippen molar-refractivity contribution < 1.29 is 4.74 Å². The summed E-state index contributed by atoms with van der Waals surface area (Å²) >= 11 is 7.92. The average Bonchev–Trinajstić information content (AvgIpc) is 2.61. The summed E-state index contributed by atoms with van der Waals surface area (Å²) in [5, 5.41) is 2.20. The molecule has 0 bridgehead atoms. The van der Waals surface area contributed by atoms with Crippen LogP contribution in [0.15, 0.2) is 6.07 Å². The molecule has 1 aliphatic heterocycles. The Morgan fingerprint density at radius 3 is 2.79 bits per heavy atom. The summed E-state index contributed by atoms with van der Waals surface area (Å²) in [6, 6.07) is 2.08. The van der Waals surface area contributed by atoms with Crippen LogP contribution in [-0.4, -0.2) is 26.3 Å². The molecule has 2 nitrogen and oxygen atoms in total. The summed E-state index contributed by atoms with van der Waals surface area (Å²) in [7, 11) is 0. The summed E-state index contributed by atoms with van der Waals surface area (Å²) in [6.45, 7) is 5.77. The number of aryl methyl sites for hydroxylation is 1. The zero-order chi connectivity index (χ0) is 9.97. The zero-order valence-electron chi connectivity index (χ0n) is 8.25. The Balaban J connectivity index is 2.14. The first-order chi connectivity index (χ1) is 6.81. The average molecular weight is 232 g/mol. The van der Waals surface area contributed by atoms with Gasteiger partial charge in [0.2, 0.25) is 0 Å². The summed E-state index contributed by atoms with van der Waals surface area (Å²) < 4.78 is 5.31. The lowest BCUT2D eigenvalue weighted by Gasteiger charge is -2.27. The van der Waals surface area contributed by atoms with Crippen molar-refractivity contribution >= 4 is 27.9 Å². The van der Waals surface area contributed by atoms with Gasteiger partial charge in [-0.3, -0.25) is 0 Å². The van der Waals surface area contributed by atoms with Crippen molar-refractivity contribution in [3.05, 3.63) is 16.0 Å². The van der Waals surface area contributed by atoms with Gasteiger partial charge in [-0.25, -0.2) is 0 Å². The first-order valence-electron chi connectivity index (χ1n) is 4.92. The minimum Gasteiger partial charge on any atom is -0.378 e. The van der Waals surface area contributed by atoms with Gasteiger partial charge in [-0.15, -0.1) is 11.3 Å². The van der Waals surface area contributed by atoms with E-state index < -0.39 is 0 Å². The van der Waals surface area contributed by atoms with Gasteiger partial charge in [0.1, 0.15) is 0 Å². The molecule has 1 saturated heterocycles. The maximum Gasteiger partial charge on any atom is 0.0928 e. The molecule has 0 N–H and O–H groups in total. The van der Waals surface area contributed by atoms with E-state index in [9.17, 15) is 0 Å². The lowest BCUT2D eigenvalue weighted by atomic mass is 10.4. The largest absolute Gasteiger partial charge is 0.378 e. The fourth-order valence-electron chi connectivity index (χ4n) is 1.57. The van der Waals surface area contributed by atoms with Gasteiger partial charge in [0.25, 0.3) is 0 Å². The Kier molecular flexibility index (Phi) is 3.31. The van der Waals surface area contributed by atoms with Crippen molar-refractivity contribution in [1.82, 2.24) is 0 Å². The Hall–Kier alpha value is -0.250. The molecule has 1 aromatic heterocycles.